The molecule has 0 aliphatic carbocycles. The third-order valence-corrected chi connectivity index (χ3v) is 1.86. The topological polar surface area (TPSA) is 17.1 Å². The molecule has 0 aromatic heterocycles. The highest BCUT2D eigenvalue weighted by Gasteiger charge is 1.95. The lowest BCUT2D eigenvalue weighted by atomic mass is 10.3. The van der Waals surface area contributed by atoms with Gasteiger partial charge in [-0.05, 0) is 5.92 Å². The second kappa shape index (κ2) is 3.96. The molecule has 8 heavy (non-hydrogen) atoms. The number of hydrogen-bond donors (Lipinski definition) is 0. The van der Waals surface area contributed by atoms with Gasteiger partial charge < -0.3 is 0 Å². The predicted molar refractivity (Wildman–Crippen MR) is 38.0 cm³/mol. The molecule has 0 aliphatic heterocycles. The second-order valence-corrected chi connectivity index (χ2v) is 3.39. The predicted octanol–water partition coefficient (Wildman–Crippen LogP) is 1.92. The van der Waals surface area contributed by atoms with E-state index in [1.54, 1.807) is 6.92 Å². The van der Waals surface area contributed by atoms with Gasteiger partial charge in [0, 0.05) is 12.7 Å². The third kappa shape index (κ3) is 6.02. The maximum Gasteiger partial charge on any atom is 0.185 e. The molecule has 48 valence electrons. The van der Waals surface area contributed by atoms with Crippen molar-refractivity contribution in [2.24, 2.45) is 5.92 Å². The molecule has 0 spiro atoms. The molecule has 0 saturated carbocycles. The first-order chi connectivity index (χ1) is 3.63. The van der Waals surface area contributed by atoms with Crippen LogP contribution in [0, 0.1) is 5.92 Å². The lowest BCUT2D eigenvalue weighted by Gasteiger charge is -1.98. The molecule has 0 amide bonds. The summed E-state index contributed by atoms with van der Waals surface area (Å²) in [7, 11) is 0. The molecule has 0 fully saturated rings. The summed E-state index contributed by atoms with van der Waals surface area (Å²) in [5.41, 5.74) is 0. The van der Waals surface area contributed by atoms with E-state index in [-0.39, 0.29) is 5.12 Å². The van der Waals surface area contributed by atoms with Gasteiger partial charge in [-0.15, -0.1) is 0 Å². The van der Waals surface area contributed by atoms with Crippen molar-refractivity contribution in [3.05, 3.63) is 0 Å². The minimum Gasteiger partial charge on any atom is -0.288 e. The first kappa shape index (κ1) is 8.02. The van der Waals surface area contributed by atoms with Gasteiger partial charge in [0.25, 0.3) is 0 Å². The molecule has 1 nitrogen and oxygen atoms in total. The van der Waals surface area contributed by atoms with Gasteiger partial charge >= 0.3 is 0 Å². The van der Waals surface area contributed by atoms with E-state index in [1.807, 2.05) is 0 Å². The van der Waals surface area contributed by atoms with Crippen LogP contribution in [-0.4, -0.2) is 10.9 Å². The number of thioether (sulfide) groups is 1. The Morgan fingerprint density at radius 1 is 1.62 bits per heavy atom. The third-order valence-electron chi connectivity index (χ3n) is 0.620. The smallest absolute Gasteiger partial charge is 0.185 e. The van der Waals surface area contributed by atoms with Crippen LogP contribution in [0.15, 0.2) is 0 Å². The van der Waals surface area contributed by atoms with E-state index in [2.05, 4.69) is 13.8 Å². The van der Waals surface area contributed by atoms with Crippen LogP contribution in [0.4, 0.5) is 0 Å². The van der Waals surface area contributed by atoms with Crippen LogP contribution in [0.1, 0.15) is 20.8 Å². The van der Waals surface area contributed by atoms with E-state index in [0.717, 1.165) is 5.75 Å². The fourth-order valence-electron chi connectivity index (χ4n) is 0.284. The van der Waals surface area contributed by atoms with Crippen LogP contribution in [0.3, 0.4) is 0 Å². The van der Waals surface area contributed by atoms with Gasteiger partial charge in [-0.3, -0.25) is 4.79 Å². The van der Waals surface area contributed by atoms with E-state index in [4.69, 9.17) is 0 Å². The summed E-state index contributed by atoms with van der Waals surface area (Å²) in [5, 5.41) is 0.221. The van der Waals surface area contributed by atoms with E-state index in [9.17, 15) is 4.79 Å². The number of carbonyl (C=O) groups excluding carboxylic acids is 1. The summed E-state index contributed by atoms with van der Waals surface area (Å²) < 4.78 is 0. The molecule has 0 atom stereocenters. The Morgan fingerprint density at radius 3 is 2.25 bits per heavy atom. The monoisotopic (exact) mass is 132 g/mol. The lowest BCUT2D eigenvalue weighted by Crippen LogP contribution is -1.93. The van der Waals surface area contributed by atoms with Crippen molar-refractivity contribution in [1.29, 1.82) is 0 Å². The second-order valence-electron chi connectivity index (χ2n) is 2.20. The van der Waals surface area contributed by atoms with Crippen molar-refractivity contribution in [3.63, 3.8) is 0 Å². The zero-order valence-electron chi connectivity index (χ0n) is 5.60. The molecule has 0 heterocycles. The Labute approximate surface area is 54.8 Å². The lowest BCUT2D eigenvalue weighted by molar-refractivity contribution is -0.109. The molecule has 0 unspecified atom stereocenters. The Balaban J connectivity index is 3.05. The Bertz CT molecular complexity index is 78.6. The first-order valence-electron chi connectivity index (χ1n) is 2.76. The number of carbonyl (C=O) groups is 1. The van der Waals surface area contributed by atoms with Gasteiger partial charge in [0.05, 0.1) is 0 Å². The highest BCUT2D eigenvalue weighted by molar-refractivity contribution is 8.13. The van der Waals surface area contributed by atoms with E-state index >= 15 is 0 Å². The van der Waals surface area contributed by atoms with Crippen LogP contribution in [-0.2, 0) is 4.79 Å². The van der Waals surface area contributed by atoms with E-state index in [0.29, 0.717) is 5.92 Å². The number of hydrogen-bond acceptors (Lipinski definition) is 2. The van der Waals surface area contributed by atoms with Crippen molar-refractivity contribution in [2.75, 3.05) is 5.75 Å². The van der Waals surface area contributed by atoms with Crippen LogP contribution in [0.2, 0.25) is 0 Å². The average molecular weight is 132 g/mol. The maximum absolute atomic E-state index is 10.3. The molecular formula is C6H12OS. The molecule has 0 aromatic carbocycles. The van der Waals surface area contributed by atoms with Gasteiger partial charge in [0.15, 0.2) is 5.12 Å². The molecule has 2 heteroatoms. The zero-order valence-corrected chi connectivity index (χ0v) is 6.42. The quantitative estimate of drug-likeness (QED) is 0.571. The van der Waals surface area contributed by atoms with Crippen LogP contribution >= 0.6 is 11.8 Å². The SMILES string of the molecule is CC(=O)SCC(C)C. The van der Waals surface area contributed by atoms with E-state index in [1.165, 1.54) is 11.8 Å². The summed E-state index contributed by atoms with van der Waals surface area (Å²) >= 11 is 1.40. The van der Waals surface area contributed by atoms with Crippen molar-refractivity contribution in [1.82, 2.24) is 0 Å². The highest BCUT2D eigenvalue weighted by atomic mass is 32.2. The highest BCUT2D eigenvalue weighted by Crippen LogP contribution is 2.06. The summed E-state index contributed by atoms with van der Waals surface area (Å²) in [4.78, 5) is 10.3. The summed E-state index contributed by atoms with van der Waals surface area (Å²) in [6.45, 7) is 5.82. The standard InChI is InChI=1S/C6H12OS/c1-5(2)4-8-6(3)7/h5H,4H2,1-3H3. The molecular weight excluding hydrogens is 120 g/mol. The normalized spacial score (nSPS) is 10.0. The number of rotatable bonds is 2. The Hall–Kier alpha value is 0.0200. The molecule has 0 aromatic rings. The minimum absolute atomic E-state index is 0.221. The van der Waals surface area contributed by atoms with Crippen LogP contribution in [0.5, 0.6) is 0 Å². The fraction of sp³-hybridized carbons (Fsp3) is 0.833. The van der Waals surface area contributed by atoms with Crippen molar-refractivity contribution < 1.29 is 4.79 Å². The Kier molecular flexibility index (Phi) is 3.97. The van der Waals surface area contributed by atoms with Crippen LogP contribution in [0.25, 0.3) is 0 Å². The fourth-order valence-corrected chi connectivity index (χ4v) is 0.852. The van der Waals surface area contributed by atoms with Crippen LogP contribution < -0.4 is 0 Å². The molecule has 0 bridgehead atoms. The molecule has 0 rings (SSSR count). The first-order valence-corrected chi connectivity index (χ1v) is 3.75. The summed E-state index contributed by atoms with van der Waals surface area (Å²) in [6, 6.07) is 0. The van der Waals surface area contributed by atoms with Gasteiger partial charge in [-0.1, -0.05) is 25.6 Å². The summed E-state index contributed by atoms with van der Waals surface area (Å²) in [5.74, 6) is 1.58. The molecule has 0 aliphatic rings. The maximum atomic E-state index is 10.3. The molecule has 0 N–H and O–H groups in total. The van der Waals surface area contributed by atoms with Crippen molar-refractivity contribution in [3.8, 4) is 0 Å². The van der Waals surface area contributed by atoms with E-state index < -0.39 is 0 Å². The van der Waals surface area contributed by atoms with Gasteiger partial charge in [-0.25, -0.2) is 0 Å². The molecule has 0 saturated heterocycles. The summed E-state index contributed by atoms with van der Waals surface area (Å²) in [6.07, 6.45) is 0. The molecule has 0 radical (unpaired) electrons. The largest absolute Gasteiger partial charge is 0.288 e. The van der Waals surface area contributed by atoms with Crippen molar-refractivity contribution >= 4 is 16.9 Å². The van der Waals surface area contributed by atoms with Gasteiger partial charge in [0.1, 0.15) is 0 Å². The zero-order chi connectivity index (χ0) is 6.57. The minimum atomic E-state index is 0.221. The average Bonchev–Trinajstić information content (AvgIpc) is 1.61. The Morgan fingerprint density at radius 2 is 2.12 bits per heavy atom. The van der Waals surface area contributed by atoms with Gasteiger partial charge in [0.2, 0.25) is 0 Å². The van der Waals surface area contributed by atoms with Gasteiger partial charge in [-0.2, -0.15) is 0 Å². The van der Waals surface area contributed by atoms with Crippen molar-refractivity contribution in [2.45, 2.75) is 20.8 Å².